The van der Waals surface area contributed by atoms with Gasteiger partial charge in [-0.15, -0.1) is 0 Å². The maximum Gasteiger partial charge on any atom is 0.406 e. The van der Waals surface area contributed by atoms with Crippen molar-refractivity contribution in [1.82, 2.24) is 0 Å². The van der Waals surface area contributed by atoms with Crippen molar-refractivity contribution in [3.05, 3.63) is 70.7 Å². The number of halogens is 5. The first-order valence-corrected chi connectivity index (χ1v) is 10.8. The summed E-state index contributed by atoms with van der Waals surface area (Å²) in [7, 11) is 0. The maximum absolute atomic E-state index is 13.3. The van der Waals surface area contributed by atoms with Crippen molar-refractivity contribution >= 4 is 40.5 Å². The van der Waals surface area contributed by atoms with Crippen LogP contribution in [0.3, 0.4) is 0 Å². The minimum atomic E-state index is -4.46. The minimum absolute atomic E-state index is 0.0403. The van der Waals surface area contributed by atoms with Crippen molar-refractivity contribution in [2.45, 2.75) is 26.1 Å². The second-order valence-corrected chi connectivity index (χ2v) is 9.37. The smallest absolute Gasteiger partial charge is 0.406 e. The Morgan fingerprint density at radius 1 is 1.18 bits per heavy atom. The summed E-state index contributed by atoms with van der Waals surface area (Å²) in [4.78, 5) is 13.8. The Bertz CT molecular complexity index is 1080. The molecule has 3 unspecified atom stereocenters. The van der Waals surface area contributed by atoms with E-state index < -0.39 is 36.1 Å². The number of esters is 1. The molecule has 0 bridgehead atoms. The highest BCUT2D eigenvalue weighted by Crippen LogP contribution is 2.60. The van der Waals surface area contributed by atoms with Crippen LogP contribution in [-0.4, -0.2) is 18.7 Å². The SMILES string of the molecule is CC1(C)C(C=C(Cl)Cl)C1C(=O)OC(C#N)c1cccc(N(CC(F)(F)F)c2ccccc2)c1. The number of benzene rings is 2. The number of hydrogen-bond donors (Lipinski definition) is 0. The van der Waals surface area contributed by atoms with Gasteiger partial charge in [0, 0.05) is 16.9 Å². The molecule has 0 radical (unpaired) electrons. The summed E-state index contributed by atoms with van der Waals surface area (Å²) in [5.74, 6) is -1.36. The van der Waals surface area contributed by atoms with Gasteiger partial charge in [0.1, 0.15) is 17.1 Å². The predicted octanol–water partition coefficient (Wildman–Crippen LogP) is 7.09. The largest absolute Gasteiger partial charge is 0.442 e. The number of nitrogens with zero attached hydrogens (tertiary/aromatic N) is 2. The van der Waals surface area contributed by atoms with Gasteiger partial charge >= 0.3 is 12.1 Å². The average Bonchev–Trinajstić information content (AvgIpc) is 3.29. The van der Waals surface area contributed by atoms with Crippen LogP contribution in [0.4, 0.5) is 24.5 Å². The Balaban J connectivity index is 1.85. The third-order valence-corrected chi connectivity index (χ3v) is 5.96. The van der Waals surface area contributed by atoms with Gasteiger partial charge in [-0.2, -0.15) is 18.4 Å². The van der Waals surface area contributed by atoms with Gasteiger partial charge in [0.15, 0.2) is 0 Å². The van der Waals surface area contributed by atoms with E-state index in [4.69, 9.17) is 27.9 Å². The van der Waals surface area contributed by atoms with Gasteiger partial charge in [-0.25, -0.2) is 0 Å². The molecule has 1 saturated carbocycles. The first-order valence-electron chi connectivity index (χ1n) is 10.1. The fraction of sp³-hybridized carbons (Fsp3) is 0.333. The van der Waals surface area contributed by atoms with Crippen LogP contribution >= 0.6 is 23.2 Å². The molecule has 9 heteroatoms. The number of carbonyl (C=O) groups excluding carboxylic acids is 1. The van der Waals surface area contributed by atoms with E-state index >= 15 is 0 Å². The molecule has 0 aliphatic heterocycles. The molecule has 2 aromatic carbocycles. The zero-order valence-electron chi connectivity index (χ0n) is 17.8. The van der Waals surface area contributed by atoms with Crippen molar-refractivity contribution < 1.29 is 22.7 Å². The average molecular weight is 497 g/mol. The molecule has 0 heterocycles. The topological polar surface area (TPSA) is 53.3 Å². The molecule has 0 spiro atoms. The highest BCUT2D eigenvalue weighted by atomic mass is 35.5. The number of allylic oxidation sites excluding steroid dienone is 1. The van der Waals surface area contributed by atoms with E-state index in [0.29, 0.717) is 5.69 Å². The molecule has 0 amide bonds. The van der Waals surface area contributed by atoms with Crippen LogP contribution in [0.5, 0.6) is 0 Å². The zero-order valence-corrected chi connectivity index (χ0v) is 19.3. The van der Waals surface area contributed by atoms with Gasteiger partial charge in [-0.1, -0.05) is 67.4 Å². The number of hydrogen-bond acceptors (Lipinski definition) is 4. The number of para-hydroxylation sites is 1. The van der Waals surface area contributed by atoms with Gasteiger partial charge in [0.05, 0.1) is 5.92 Å². The number of carbonyl (C=O) groups is 1. The lowest BCUT2D eigenvalue weighted by Gasteiger charge is -2.27. The Labute approximate surface area is 200 Å². The first kappa shape index (κ1) is 24.9. The molecule has 4 nitrogen and oxygen atoms in total. The molecular weight excluding hydrogens is 476 g/mol. The van der Waals surface area contributed by atoms with Gasteiger partial charge in [0.25, 0.3) is 0 Å². The summed E-state index contributed by atoms with van der Waals surface area (Å²) >= 11 is 11.4. The first-order chi connectivity index (χ1) is 15.4. The van der Waals surface area contributed by atoms with Crippen molar-refractivity contribution in [2.24, 2.45) is 17.3 Å². The number of rotatable bonds is 7. The van der Waals surface area contributed by atoms with Crippen LogP contribution in [0, 0.1) is 28.6 Å². The molecule has 0 N–H and O–H groups in total. The molecule has 3 atom stereocenters. The van der Waals surface area contributed by atoms with E-state index in [1.54, 1.807) is 36.4 Å². The number of alkyl halides is 3. The summed E-state index contributed by atoms with van der Waals surface area (Å²) in [5.41, 5.74) is 0.385. The lowest BCUT2D eigenvalue weighted by atomic mass is 10.1. The van der Waals surface area contributed by atoms with E-state index in [0.717, 1.165) is 4.90 Å². The summed E-state index contributed by atoms with van der Waals surface area (Å²) in [5, 5.41) is 9.63. The van der Waals surface area contributed by atoms with Gasteiger partial charge in [-0.05, 0) is 41.7 Å². The van der Waals surface area contributed by atoms with Crippen molar-refractivity contribution in [1.29, 1.82) is 5.26 Å². The standard InChI is InChI=1S/C24H21Cl2F3N2O2/c1-23(2)18(12-20(25)26)21(23)22(32)33-19(13-30)15-7-6-10-17(11-15)31(14-24(27,28)29)16-8-4-3-5-9-16/h3-12,18-19,21H,14H2,1-2H3. The summed E-state index contributed by atoms with van der Waals surface area (Å²) in [6.07, 6.45) is -4.18. The van der Waals surface area contributed by atoms with E-state index in [-0.39, 0.29) is 21.7 Å². The fourth-order valence-electron chi connectivity index (χ4n) is 3.91. The van der Waals surface area contributed by atoms with Crippen molar-refractivity contribution in [3.63, 3.8) is 0 Å². The molecule has 3 rings (SSSR count). The van der Waals surface area contributed by atoms with E-state index in [2.05, 4.69) is 0 Å². The Morgan fingerprint density at radius 2 is 1.82 bits per heavy atom. The second-order valence-electron chi connectivity index (χ2n) is 8.36. The molecule has 1 fully saturated rings. The quantitative estimate of drug-likeness (QED) is 0.384. The summed E-state index contributed by atoms with van der Waals surface area (Å²) in [6.45, 7) is 2.49. The highest BCUT2D eigenvalue weighted by molar-refractivity contribution is 6.55. The van der Waals surface area contributed by atoms with Crippen LogP contribution < -0.4 is 4.90 Å². The molecule has 2 aromatic rings. The lowest BCUT2D eigenvalue weighted by Crippen LogP contribution is -2.30. The van der Waals surface area contributed by atoms with Crippen LogP contribution in [0.1, 0.15) is 25.5 Å². The molecule has 174 valence electrons. The van der Waals surface area contributed by atoms with Gasteiger partial charge in [0.2, 0.25) is 6.10 Å². The summed E-state index contributed by atoms with van der Waals surface area (Å²) < 4.78 is 45.3. The molecule has 33 heavy (non-hydrogen) atoms. The van der Waals surface area contributed by atoms with Crippen molar-refractivity contribution in [2.75, 3.05) is 11.4 Å². The van der Waals surface area contributed by atoms with Gasteiger partial charge < -0.3 is 9.64 Å². The molecule has 0 saturated heterocycles. The zero-order chi connectivity index (χ0) is 24.4. The Hall–Kier alpha value is -2.69. The van der Waals surface area contributed by atoms with E-state index in [9.17, 15) is 23.2 Å². The third-order valence-electron chi connectivity index (χ3n) is 5.71. The Kier molecular flexibility index (Phi) is 7.30. The molecule has 1 aliphatic carbocycles. The van der Waals surface area contributed by atoms with Crippen LogP contribution in [-0.2, 0) is 9.53 Å². The molecule has 1 aliphatic rings. The normalized spacial score (nSPS) is 19.7. The number of ether oxygens (including phenoxy) is 1. The fourth-order valence-corrected chi connectivity index (χ4v) is 4.18. The van der Waals surface area contributed by atoms with Crippen LogP contribution in [0.25, 0.3) is 0 Å². The van der Waals surface area contributed by atoms with E-state index in [1.165, 1.54) is 24.3 Å². The van der Waals surface area contributed by atoms with Gasteiger partial charge in [-0.3, -0.25) is 4.79 Å². The molecular formula is C24H21Cl2F3N2O2. The third kappa shape index (κ3) is 6.01. The maximum atomic E-state index is 13.3. The van der Waals surface area contributed by atoms with Crippen molar-refractivity contribution in [3.8, 4) is 6.07 Å². The highest BCUT2D eigenvalue weighted by Gasteiger charge is 2.62. The summed E-state index contributed by atoms with van der Waals surface area (Å²) in [6, 6.07) is 16.0. The monoisotopic (exact) mass is 496 g/mol. The second kappa shape index (κ2) is 9.66. The Morgan fingerprint density at radius 3 is 2.39 bits per heavy atom. The lowest BCUT2D eigenvalue weighted by molar-refractivity contribution is -0.149. The minimum Gasteiger partial charge on any atom is -0.442 e. The number of nitriles is 1. The van der Waals surface area contributed by atoms with Crippen LogP contribution in [0.2, 0.25) is 0 Å². The van der Waals surface area contributed by atoms with Crippen LogP contribution in [0.15, 0.2) is 65.2 Å². The molecule has 0 aromatic heterocycles. The number of anilines is 2. The van der Waals surface area contributed by atoms with E-state index in [1.807, 2.05) is 19.9 Å². The predicted molar refractivity (Wildman–Crippen MR) is 121 cm³/mol.